The van der Waals surface area contributed by atoms with Gasteiger partial charge in [0.15, 0.2) is 0 Å². The van der Waals surface area contributed by atoms with Crippen LogP contribution in [0.4, 0.5) is 0 Å². The quantitative estimate of drug-likeness (QED) is 0.592. The van der Waals surface area contributed by atoms with Crippen molar-refractivity contribution in [3.8, 4) is 6.07 Å². The summed E-state index contributed by atoms with van der Waals surface area (Å²) in [5.74, 6) is 0. The van der Waals surface area contributed by atoms with Crippen molar-refractivity contribution in [2.45, 2.75) is 0 Å². The van der Waals surface area contributed by atoms with Crippen molar-refractivity contribution in [1.82, 2.24) is 9.38 Å². The van der Waals surface area contributed by atoms with Crippen LogP contribution in [0.3, 0.4) is 0 Å². The first-order valence-electron chi connectivity index (χ1n) is 3.70. The van der Waals surface area contributed by atoms with Gasteiger partial charge >= 0.3 is 0 Å². The van der Waals surface area contributed by atoms with Crippen molar-refractivity contribution in [2.24, 2.45) is 0 Å². The Labute approximate surface area is 79.9 Å². The van der Waals surface area contributed by atoms with Gasteiger partial charge in [-0.05, 0) is 12.1 Å². The molecule has 0 atom stereocenters. The van der Waals surface area contributed by atoms with E-state index >= 15 is 0 Å². The highest BCUT2D eigenvalue weighted by atomic mass is 32.1. The molecule has 0 bridgehead atoms. The van der Waals surface area contributed by atoms with Crippen LogP contribution in [0.5, 0.6) is 0 Å². The monoisotopic (exact) mass is 187 g/mol. The molecule has 0 saturated heterocycles. The van der Waals surface area contributed by atoms with Gasteiger partial charge in [-0.2, -0.15) is 5.26 Å². The minimum absolute atomic E-state index is 0.358. The summed E-state index contributed by atoms with van der Waals surface area (Å²) >= 11 is 5.08. The molecule has 62 valence electrons. The van der Waals surface area contributed by atoms with Crippen LogP contribution < -0.4 is 0 Å². The van der Waals surface area contributed by atoms with E-state index in [4.69, 9.17) is 17.5 Å². The zero-order valence-electron chi connectivity index (χ0n) is 6.64. The highest BCUT2D eigenvalue weighted by molar-refractivity contribution is 7.71. The fourth-order valence-electron chi connectivity index (χ4n) is 1.11. The minimum atomic E-state index is 0.358. The van der Waals surface area contributed by atoms with Crippen LogP contribution in [0.1, 0.15) is 5.69 Å². The van der Waals surface area contributed by atoms with Gasteiger partial charge in [0.1, 0.15) is 22.1 Å². The molecule has 0 aliphatic carbocycles. The Hall–Kier alpha value is -1.73. The Morgan fingerprint density at radius 1 is 1.46 bits per heavy atom. The van der Waals surface area contributed by atoms with E-state index in [1.165, 1.54) is 0 Å². The highest BCUT2D eigenvalue weighted by Gasteiger charge is 1.96. The second-order valence-corrected chi connectivity index (χ2v) is 2.94. The molecule has 4 heteroatoms. The normalized spacial score (nSPS) is 9.77. The van der Waals surface area contributed by atoms with Gasteiger partial charge in [-0.3, -0.25) is 4.40 Å². The summed E-state index contributed by atoms with van der Waals surface area (Å²) in [7, 11) is 0. The molecule has 0 fully saturated rings. The molecule has 0 N–H and O–H groups in total. The van der Waals surface area contributed by atoms with Crippen molar-refractivity contribution in [3.63, 3.8) is 0 Å². The Bertz CT molecular complexity index is 551. The third-order valence-corrected chi connectivity index (χ3v) is 2.00. The van der Waals surface area contributed by atoms with E-state index in [9.17, 15) is 0 Å². The number of rotatable bonds is 0. The number of nitriles is 1. The van der Waals surface area contributed by atoms with Crippen molar-refractivity contribution in [2.75, 3.05) is 0 Å². The van der Waals surface area contributed by atoms with Crippen LogP contribution in [0.2, 0.25) is 0 Å². The van der Waals surface area contributed by atoms with Crippen LogP contribution in [0.15, 0.2) is 30.5 Å². The van der Waals surface area contributed by atoms with Crippen molar-refractivity contribution in [3.05, 3.63) is 40.8 Å². The average Bonchev–Trinajstić information content (AvgIpc) is 2.18. The topological polar surface area (TPSA) is 41.1 Å². The zero-order chi connectivity index (χ0) is 9.26. The Morgan fingerprint density at radius 3 is 3.08 bits per heavy atom. The number of hydrogen-bond acceptors (Lipinski definition) is 3. The van der Waals surface area contributed by atoms with Crippen LogP contribution in [-0.2, 0) is 0 Å². The summed E-state index contributed by atoms with van der Waals surface area (Å²) in [6.45, 7) is 0. The minimum Gasteiger partial charge on any atom is -0.292 e. The maximum atomic E-state index is 8.65. The van der Waals surface area contributed by atoms with Crippen molar-refractivity contribution < 1.29 is 0 Å². The maximum absolute atomic E-state index is 8.65. The van der Waals surface area contributed by atoms with E-state index in [1.807, 2.05) is 30.5 Å². The van der Waals surface area contributed by atoms with Crippen molar-refractivity contribution >= 4 is 17.9 Å². The molecule has 0 amide bonds. The smallest absolute Gasteiger partial charge is 0.145 e. The molecule has 0 spiro atoms. The van der Waals surface area contributed by atoms with Gasteiger partial charge in [-0.1, -0.05) is 18.3 Å². The average molecular weight is 187 g/mol. The number of pyridine rings is 1. The van der Waals surface area contributed by atoms with Gasteiger partial charge in [-0.25, -0.2) is 4.98 Å². The van der Waals surface area contributed by atoms with E-state index in [-0.39, 0.29) is 0 Å². The van der Waals surface area contributed by atoms with Gasteiger partial charge in [0.05, 0.1) is 0 Å². The van der Waals surface area contributed by atoms with Gasteiger partial charge in [0, 0.05) is 12.3 Å². The zero-order valence-corrected chi connectivity index (χ0v) is 7.45. The summed E-state index contributed by atoms with van der Waals surface area (Å²) in [5, 5.41) is 8.65. The molecule has 2 heterocycles. The number of hydrogen-bond donors (Lipinski definition) is 0. The number of fused-ring (bicyclic) bond motifs is 1. The fourth-order valence-corrected chi connectivity index (χ4v) is 1.38. The van der Waals surface area contributed by atoms with Gasteiger partial charge in [-0.15, -0.1) is 0 Å². The molecule has 2 aromatic heterocycles. The van der Waals surface area contributed by atoms with E-state index in [0.29, 0.717) is 16.0 Å². The second-order valence-electron chi connectivity index (χ2n) is 2.52. The van der Waals surface area contributed by atoms with Crippen LogP contribution in [0, 0.1) is 16.0 Å². The first-order valence-corrected chi connectivity index (χ1v) is 4.10. The molecular formula is C9H5N3S. The molecule has 2 aromatic rings. The van der Waals surface area contributed by atoms with Crippen LogP contribution >= 0.6 is 12.2 Å². The first kappa shape index (κ1) is 7.90. The largest absolute Gasteiger partial charge is 0.292 e. The Balaban J connectivity index is 2.95. The lowest BCUT2D eigenvalue weighted by atomic mass is 10.4. The Kier molecular flexibility index (Phi) is 1.80. The lowest BCUT2D eigenvalue weighted by Crippen LogP contribution is -1.94. The molecule has 0 aliphatic rings. The van der Waals surface area contributed by atoms with Crippen molar-refractivity contribution in [1.29, 1.82) is 5.26 Å². The molecule has 0 aromatic carbocycles. The molecule has 13 heavy (non-hydrogen) atoms. The van der Waals surface area contributed by atoms with Gasteiger partial charge in [0.2, 0.25) is 0 Å². The third kappa shape index (κ3) is 1.30. The van der Waals surface area contributed by atoms with E-state index in [0.717, 1.165) is 0 Å². The van der Waals surface area contributed by atoms with Gasteiger partial charge < -0.3 is 0 Å². The third-order valence-electron chi connectivity index (χ3n) is 1.69. The molecule has 0 saturated carbocycles. The molecule has 3 nitrogen and oxygen atoms in total. The van der Waals surface area contributed by atoms with Crippen LogP contribution in [-0.4, -0.2) is 9.38 Å². The maximum Gasteiger partial charge on any atom is 0.145 e. The van der Waals surface area contributed by atoms with E-state index in [2.05, 4.69) is 4.98 Å². The fraction of sp³-hybridized carbons (Fsp3) is 0. The lowest BCUT2D eigenvalue weighted by Gasteiger charge is -1.99. The molecule has 2 rings (SSSR count). The number of nitrogens with zero attached hydrogens (tertiary/aromatic N) is 3. The predicted octanol–water partition coefficient (Wildman–Crippen LogP) is 1.94. The molecule has 0 unspecified atom stereocenters. The SMILES string of the molecule is N#Cc1cc(=S)n2ccccc2n1. The second kappa shape index (κ2) is 2.96. The van der Waals surface area contributed by atoms with Crippen LogP contribution in [0.25, 0.3) is 5.65 Å². The van der Waals surface area contributed by atoms with E-state index < -0.39 is 0 Å². The van der Waals surface area contributed by atoms with E-state index in [1.54, 1.807) is 10.5 Å². The van der Waals surface area contributed by atoms with Gasteiger partial charge in [0.25, 0.3) is 0 Å². The molecule has 0 aliphatic heterocycles. The summed E-state index contributed by atoms with van der Waals surface area (Å²) < 4.78 is 2.36. The summed E-state index contributed by atoms with van der Waals surface area (Å²) in [4.78, 5) is 4.09. The summed E-state index contributed by atoms with van der Waals surface area (Å²) in [6, 6.07) is 9.10. The Morgan fingerprint density at radius 2 is 2.31 bits per heavy atom. The molecular weight excluding hydrogens is 182 g/mol. The number of aromatic nitrogens is 2. The summed E-state index contributed by atoms with van der Waals surface area (Å²) in [6.07, 6.45) is 1.83. The first-order chi connectivity index (χ1) is 6.31. The lowest BCUT2D eigenvalue weighted by molar-refractivity contribution is 1.07. The predicted molar refractivity (Wildman–Crippen MR) is 50.7 cm³/mol. The highest BCUT2D eigenvalue weighted by Crippen LogP contribution is 2.03. The standard InChI is InChI=1S/C9H5N3S/c10-6-7-5-9(13)12-4-2-1-3-8(12)11-7/h1-5H. The summed E-state index contributed by atoms with van der Waals surface area (Å²) in [5.41, 5.74) is 1.06. The molecule has 0 radical (unpaired) electrons.